The van der Waals surface area contributed by atoms with Gasteiger partial charge in [0.05, 0.1) is 172 Å². The van der Waals surface area contributed by atoms with Crippen LogP contribution in [-0.4, -0.2) is 218 Å². The molecular weight excluding hydrogens is 2030 g/mol. The molecule has 17 heterocycles. The molecule has 32 heteroatoms. The number of carboxylic acid groups (broad SMARTS) is 1. The number of esters is 5. The number of aryl methyl sites for hydroxylation is 1. The number of aliphatic imine (C=N–C) groups is 1. The summed E-state index contributed by atoms with van der Waals surface area (Å²) in [5, 5.41) is 18.4. The van der Waals surface area contributed by atoms with Crippen molar-refractivity contribution in [1.82, 2.24) is 0 Å². The van der Waals surface area contributed by atoms with Gasteiger partial charge in [0.1, 0.15) is 41.3 Å². The number of furan rings is 1. The van der Waals surface area contributed by atoms with Gasteiger partial charge in [-0.15, -0.1) is 0 Å². The van der Waals surface area contributed by atoms with Crippen molar-refractivity contribution in [2.75, 3.05) is 14.2 Å². The molecule has 6 aromatic carbocycles. The van der Waals surface area contributed by atoms with Crippen LogP contribution in [0.1, 0.15) is 149 Å². The van der Waals surface area contributed by atoms with Gasteiger partial charge in [-0.25, -0.2) is 4.79 Å². The molecule has 29 nitrogen and oxygen atoms in total. The van der Waals surface area contributed by atoms with E-state index in [-0.39, 0.29) is 210 Å². The van der Waals surface area contributed by atoms with Crippen LogP contribution in [-0.2, 0) is 134 Å². The SMILES string of the molecule is COC(=O)CC(C(=O)O)C1CC2CCC(C1)O2.COC(=O)CC(C(=O)OCc1ccccc1)C1CC2C=CC(C1)O2.Cc1ccc(S(=O)(=O)OC2CC3C=CC(C2)O3)cc1.NC(C(=O)OCc1ccccc1)C1CC2C=CC(C1)O2.O=C(OCc1ccccc1)C(N=C(c1ccccc1)c1ccccc1)C1CC2C=CC(C1)O2.O=C1C(Br)C2C=CC(O2)C1Br.O=C1CC2C=CC(C1)O2.OC1CC2C=CC(C1)O2.c1ccoc1. The number of carbonyl (C=O) groups excluding carboxylic acids is 7. The number of halogens is 2. The Bertz CT molecular complexity index is 5660. The smallest absolute Gasteiger partial charge is 0.331 e. The molecule has 16 aliphatic heterocycles. The summed E-state index contributed by atoms with van der Waals surface area (Å²) in [6.07, 6.45) is 44.5. The van der Waals surface area contributed by atoms with Crippen molar-refractivity contribution in [3.8, 4) is 0 Å². The number of ketones is 2. The molecule has 0 aliphatic carbocycles. The van der Waals surface area contributed by atoms with Crippen molar-refractivity contribution in [3.05, 3.63) is 319 Å². The Balaban J connectivity index is 0.000000129. The number of aliphatic hydroxyl groups is 1. The molecule has 4 N–H and O–H groups in total. The Labute approximate surface area is 874 Å². The summed E-state index contributed by atoms with van der Waals surface area (Å²) in [4.78, 5) is 99.5. The normalized spacial score (nSPS) is 30.0. The number of hydrogen-bond donors (Lipinski definition) is 3. The average Bonchev–Trinajstić information content (AvgIpc) is 1.27. The second-order valence-electron chi connectivity index (χ2n) is 39.0. The number of aliphatic hydroxyl groups excluding tert-OH is 1. The highest BCUT2D eigenvalue weighted by atomic mass is 79.9. The van der Waals surface area contributed by atoms with Gasteiger partial charge in [0.15, 0.2) is 11.8 Å². The maximum absolute atomic E-state index is 13.5. The number of nitrogens with two attached hydrogens (primary N) is 1. The number of ether oxygens (including phenoxy) is 13. The van der Waals surface area contributed by atoms with Gasteiger partial charge in [-0.1, -0.05) is 286 Å². The number of nitrogens with zero attached hydrogens (tertiary/aromatic N) is 1. The lowest BCUT2D eigenvalue weighted by Crippen LogP contribution is -2.44. The molecule has 23 rings (SSSR count). The van der Waals surface area contributed by atoms with Crippen LogP contribution in [0.2, 0.25) is 0 Å². The lowest BCUT2D eigenvalue weighted by Gasteiger charge is -2.32. The van der Waals surface area contributed by atoms with Crippen LogP contribution >= 0.6 is 31.9 Å². The average molecular weight is 2160 g/mol. The monoisotopic (exact) mass is 2160 g/mol. The van der Waals surface area contributed by atoms with Crippen molar-refractivity contribution in [2.45, 2.75) is 279 Å². The van der Waals surface area contributed by atoms with Crippen molar-refractivity contribution in [1.29, 1.82) is 0 Å². The standard InChI is InChI=1S/C29H27NO3.C19H22O5.C16H19NO3.C14H16O4S.C12H18O5.C7H6Br2O2.C7H10O2.C7H8O2.C4H4O/c31-29(32-20-21-10-4-1-5-11-21)28(24-18-25-16-17-26(19-24)33-25)30-27(22-12-6-2-7-13-22)23-14-8-3-9-15-23;1-22-18(20)11-17(14-9-15-7-8-16(10-14)24-15)19(21)23-12-13-5-3-2-4-6-13;17-15(12-8-13-6-7-14(9-12)20-13)16(18)19-10-11-4-2-1-3-5-11;1-10-2-6-14(7-3-10)19(15,16)18-13-8-11-4-5-12(9-13)17-11;1-16-11(13)6-10(12(14)15)7-4-8-2-3-9(5-7)17-8;8-5-3-1-2-4(11-3)6(9)7(5)10;2*8-5-3-6-1-2-7(4-5)9-6;1-2-4-5-3-1/h1-17,24-26,28H,18-20H2;2-8,14-17H,9-12H2,1H3;1-7,12-15H,8-10,17H2;2-7,11-13H,8-9H2,1H3;7-10H,2-6H2,1H3,(H,14,15);1-6H;1-2,5-8H,3-4H2;1-2,6-7H,3-4H2;1-4H. The highest BCUT2D eigenvalue weighted by Crippen LogP contribution is 2.44. The van der Waals surface area contributed by atoms with Crippen molar-refractivity contribution in [2.24, 2.45) is 46.2 Å². The Morgan fingerprint density at radius 2 is 0.776 bits per heavy atom. The van der Waals surface area contributed by atoms with Gasteiger partial charge >= 0.3 is 35.8 Å². The predicted octanol–water partition coefficient (Wildman–Crippen LogP) is 17.0. The lowest BCUT2D eigenvalue weighted by atomic mass is 9.81. The second kappa shape index (κ2) is 54.5. The summed E-state index contributed by atoms with van der Waals surface area (Å²) in [6.45, 7) is 2.65. The Morgan fingerprint density at radius 3 is 1.18 bits per heavy atom. The van der Waals surface area contributed by atoms with Crippen LogP contribution in [0.5, 0.6) is 0 Å². The number of alkyl halides is 2. The summed E-state index contributed by atoms with van der Waals surface area (Å²) in [5.74, 6) is -3.00. The third kappa shape index (κ3) is 32.8. The molecule has 22 atom stereocenters. The molecule has 0 radical (unpaired) electrons. The molecule has 0 spiro atoms. The number of aliphatic carboxylic acids is 1. The lowest BCUT2D eigenvalue weighted by molar-refractivity contribution is -0.159. The van der Waals surface area contributed by atoms with E-state index in [2.05, 4.69) is 65.3 Å². The Morgan fingerprint density at radius 1 is 0.415 bits per heavy atom. The number of benzene rings is 6. The molecule has 16 aliphatic rings. The first kappa shape index (κ1) is 110. The summed E-state index contributed by atoms with van der Waals surface area (Å²) < 4.78 is 105. The fourth-order valence-corrected chi connectivity index (χ4v) is 23.2. The van der Waals surface area contributed by atoms with E-state index in [0.29, 0.717) is 31.5 Å². The number of methoxy groups -OCH3 is 2. The molecule has 0 saturated carbocycles. The highest BCUT2D eigenvalue weighted by molar-refractivity contribution is 9.10. The minimum atomic E-state index is -3.68. The topological polar surface area (TPSA) is 392 Å². The number of Topliss-reactive ketones (excluding diaryl/α,β-unsaturated/α-hetero) is 2. The van der Waals surface area contributed by atoms with E-state index in [1.165, 1.54) is 14.2 Å². The fraction of sp³-hybridized carbons (Fsp3) is 0.452. The zero-order chi connectivity index (χ0) is 103. The molecule has 16 bridgehead atoms. The van der Waals surface area contributed by atoms with Crippen molar-refractivity contribution < 1.29 is 127 Å². The summed E-state index contributed by atoms with van der Waals surface area (Å²) in [5.41, 5.74) is 12.7. The minimum absolute atomic E-state index is 0.00281. The van der Waals surface area contributed by atoms with Gasteiger partial charge in [-0.2, -0.15) is 8.42 Å². The van der Waals surface area contributed by atoms with Crippen molar-refractivity contribution in [3.63, 3.8) is 0 Å². The molecule has 782 valence electrons. The molecule has 0 amide bonds. The third-order valence-corrected chi connectivity index (χ3v) is 31.5. The van der Waals surface area contributed by atoms with Crippen LogP contribution in [0.4, 0.5) is 0 Å². The molecular formula is C115H130Br2N2O27S. The van der Waals surface area contributed by atoms with Crippen LogP contribution < -0.4 is 5.73 Å². The maximum atomic E-state index is 13.5. The van der Waals surface area contributed by atoms with E-state index >= 15 is 0 Å². The molecule has 147 heavy (non-hydrogen) atoms. The molecule has 22 unspecified atom stereocenters. The van der Waals surface area contributed by atoms with Crippen LogP contribution in [0, 0.1) is 42.4 Å². The van der Waals surface area contributed by atoms with Crippen LogP contribution in [0.15, 0.2) is 300 Å². The van der Waals surface area contributed by atoms with Gasteiger partial charge in [0, 0.05) is 49.7 Å². The van der Waals surface area contributed by atoms with E-state index in [4.69, 9.17) is 71.8 Å². The maximum Gasteiger partial charge on any atom is 0.331 e. The van der Waals surface area contributed by atoms with E-state index < -0.39 is 46.0 Å². The van der Waals surface area contributed by atoms with Gasteiger partial charge in [0.2, 0.25) is 0 Å². The third-order valence-electron chi connectivity index (χ3n) is 28.1. The number of carbonyl (C=O) groups is 8. The molecule has 9 fully saturated rings. The first-order chi connectivity index (χ1) is 71.1. The summed E-state index contributed by atoms with van der Waals surface area (Å²) in [7, 11) is -1.06. The molecule has 9 saturated heterocycles. The first-order valence-corrected chi connectivity index (χ1v) is 53.8. The number of hydrogen-bond acceptors (Lipinski definition) is 28. The molecule has 7 aromatic rings. The van der Waals surface area contributed by atoms with E-state index in [1.54, 1.807) is 36.8 Å². The Hall–Kier alpha value is -10.9. The van der Waals surface area contributed by atoms with Crippen LogP contribution in [0.3, 0.4) is 0 Å². The zero-order valence-corrected chi connectivity index (χ0v) is 86.4. The summed E-state index contributed by atoms with van der Waals surface area (Å²) >= 11 is 6.58. The fourth-order valence-electron chi connectivity index (χ4n) is 20.6. The van der Waals surface area contributed by atoms with Crippen molar-refractivity contribution >= 4 is 95.1 Å². The largest absolute Gasteiger partial charge is 0.481 e. The number of rotatable bonds is 24. The summed E-state index contributed by atoms with van der Waals surface area (Å²) in [6, 6.07) is 58.2. The second-order valence-corrected chi connectivity index (χ2v) is 42.6. The number of fused-ring (bicyclic) bond motifs is 16. The Kier molecular flexibility index (Phi) is 40.9. The van der Waals surface area contributed by atoms with Gasteiger partial charge in [0.25, 0.3) is 10.1 Å². The quantitative estimate of drug-likeness (QED) is 0.0126. The van der Waals surface area contributed by atoms with E-state index in [0.717, 1.165) is 116 Å². The zero-order valence-electron chi connectivity index (χ0n) is 82.4. The predicted molar refractivity (Wildman–Crippen MR) is 551 cm³/mol. The van der Waals surface area contributed by atoms with Crippen LogP contribution in [0.25, 0.3) is 0 Å². The van der Waals surface area contributed by atoms with Gasteiger partial charge in [-0.05, 0) is 136 Å². The van der Waals surface area contributed by atoms with E-state index in [1.807, 2.05) is 231 Å². The molecule has 1 aromatic heterocycles. The first-order valence-electron chi connectivity index (χ1n) is 50.6. The minimum Gasteiger partial charge on any atom is -0.481 e. The van der Waals surface area contributed by atoms with E-state index in [9.17, 15) is 57.0 Å². The highest BCUT2D eigenvalue weighted by Gasteiger charge is 2.47. The van der Waals surface area contributed by atoms with Gasteiger partial charge < -0.3 is 81.9 Å². The number of carboxylic acids is 1. The van der Waals surface area contributed by atoms with Gasteiger partial charge in [-0.3, -0.25) is 42.7 Å².